The molecule has 1 fully saturated rings. The minimum absolute atomic E-state index is 0.0688. The fraction of sp³-hybridized carbons (Fsp3) is 0.533. The molecule has 1 amide bonds. The van der Waals surface area contributed by atoms with Crippen LogP contribution in [0.2, 0.25) is 0 Å². The lowest BCUT2D eigenvalue weighted by Gasteiger charge is -2.26. The molecule has 0 radical (unpaired) electrons. The minimum atomic E-state index is -0.0824. The molecule has 0 aliphatic carbocycles. The average molecular weight is 262 g/mol. The monoisotopic (exact) mass is 262 g/mol. The molecule has 19 heavy (non-hydrogen) atoms. The van der Waals surface area contributed by atoms with E-state index in [1.54, 1.807) is 0 Å². The molecule has 0 bridgehead atoms. The first kappa shape index (κ1) is 13.9. The van der Waals surface area contributed by atoms with Crippen LogP contribution < -0.4 is 10.2 Å². The van der Waals surface area contributed by atoms with Gasteiger partial charge < -0.3 is 4.74 Å². The molecule has 4 nitrogen and oxygen atoms in total. The smallest absolute Gasteiger partial charge is 0.272 e. The summed E-state index contributed by atoms with van der Waals surface area (Å²) < 4.78 is 5.53. The van der Waals surface area contributed by atoms with E-state index in [4.69, 9.17) is 4.74 Å². The van der Waals surface area contributed by atoms with Gasteiger partial charge in [-0.3, -0.25) is 10.2 Å². The summed E-state index contributed by atoms with van der Waals surface area (Å²) in [7, 11) is 0. The molecular weight excluding hydrogens is 240 g/mol. The highest BCUT2D eigenvalue weighted by molar-refractivity contribution is 5.77. The zero-order chi connectivity index (χ0) is 13.7. The Morgan fingerprint density at radius 2 is 1.79 bits per heavy atom. The van der Waals surface area contributed by atoms with Crippen molar-refractivity contribution in [1.82, 2.24) is 10.4 Å². The number of carbonyl (C=O) groups excluding carboxylic acids is 1. The number of nitrogens with zero attached hydrogens (tertiary/aromatic N) is 1. The number of hydrazine groups is 1. The van der Waals surface area contributed by atoms with Crippen molar-refractivity contribution in [3.63, 3.8) is 0 Å². The number of amides is 1. The molecule has 2 rings (SSSR count). The Kier molecular flexibility index (Phi) is 4.80. The third-order valence-electron chi connectivity index (χ3n) is 3.20. The van der Waals surface area contributed by atoms with E-state index in [0.29, 0.717) is 0 Å². The van der Waals surface area contributed by atoms with Crippen LogP contribution in [0.1, 0.15) is 30.4 Å². The highest BCUT2D eigenvalue weighted by atomic mass is 16.5. The average Bonchev–Trinajstić information content (AvgIpc) is 2.36. The Labute approximate surface area is 114 Å². The molecule has 104 valence electrons. The maximum absolute atomic E-state index is 11.8. The number of nitrogens with one attached hydrogen (secondary N) is 1. The van der Waals surface area contributed by atoms with Gasteiger partial charge in [0.1, 0.15) is 5.75 Å². The summed E-state index contributed by atoms with van der Waals surface area (Å²) in [5.41, 5.74) is 5.18. The first-order valence-electron chi connectivity index (χ1n) is 6.89. The van der Waals surface area contributed by atoms with Crippen molar-refractivity contribution >= 4 is 5.91 Å². The molecule has 0 atom stereocenters. The van der Waals surface area contributed by atoms with Gasteiger partial charge in [-0.25, -0.2) is 5.01 Å². The molecule has 1 heterocycles. The van der Waals surface area contributed by atoms with E-state index in [2.05, 4.69) is 11.5 Å². The predicted molar refractivity (Wildman–Crippen MR) is 75.0 cm³/mol. The SMILES string of the molecule is Cc1cc(C)cc(OCC(=O)NN2CCCCC2)c1. The first-order chi connectivity index (χ1) is 9.13. The largest absolute Gasteiger partial charge is 0.484 e. The highest BCUT2D eigenvalue weighted by Gasteiger charge is 2.12. The van der Waals surface area contributed by atoms with Crippen molar-refractivity contribution in [2.45, 2.75) is 33.1 Å². The Hall–Kier alpha value is -1.55. The molecule has 4 heteroatoms. The van der Waals surface area contributed by atoms with Crippen LogP contribution in [-0.4, -0.2) is 30.6 Å². The number of piperidine rings is 1. The van der Waals surface area contributed by atoms with Gasteiger partial charge in [-0.15, -0.1) is 0 Å². The second-order valence-electron chi connectivity index (χ2n) is 5.19. The van der Waals surface area contributed by atoms with E-state index in [1.807, 2.05) is 31.0 Å². The van der Waals surface area contributed by atoms with Crippen LogP contribution in [0.3, 0.4) is 0 Å². The fourth-order valence-electron chi connectivity index (χ4n) is 2.38. The summed E-state index contributed by atoms with van der Waals surface area (Å²) >= 11 is 0. The van der Waals surface area contributed by atoms with Crippen molar-refractivity contribution in [3.05, 3.63) is 29.3 Å². The number of hydrogen-bond donors (Lipinski definition) is 1. The zero-order valence-corrected chi connectivity index (χ0v) is 11.7. The number of hydrogen-bond acceptors (Lipinski definition) is 3. The molecule has 0 saturated carbocycles. The molecule has 1 aromatic carbocycles. The third kappa shape index (κ3) is 4.56. The van der Waals surface area contributed by atoms with Gasteiger partial charge in [-0.2, -0.15) is 0 Å². The molecule has 0 spiro atoms. The maximum Gasteiger partial charge on any atom is 0.272 e. The Morgan fingerprint density at radius 3 is 2.42 bits per heavy atom. The van der Waals surface area contributed by atoms with E-state index in [9.17, 15) is 4.79 Å². The van der Waals surface area contributed by atoms with Gasteiger partial charge in [0.2, 0.25) is 0 Å². The van der Waals surface area contributed by atoms with Crippen molar-refractivity contribution in [2.75, 3.05) is 19.7 Å². The van der Waals surface area contributed by atoms with Crippen LogP contribution in [0.4, 0.5) is 0 Å². The van der Waals surface area contributed by atoms with Crippen molar-refractivity contribution in [2.24, 2.45) is 0 Å². The topological polar surface area (TPSA) is 41.6 Å². The van der Waals surface area contributed by atoms with E-state index in [-0.39, 0.29) is 12.5 Å². The summed E-state index contributed by atoms with van der Waals surface area (Å²) in [6.07, 6.45) is 3.56. The van der Waals surface area contributed by atoms with Crippen LogP contribution in [-0.2, 0) is 4.79 Å². The Morgan fingerprint density at radius 1 is 1.16 bits per heavy atom. The molecule has 1 aliphatic rings. The summed E-state index contributed by atoms with van der Waals surface area (Å²) in [6.45, 7) is 5.99. The first-order valence-corrected chi connectivity index (χ1v) is 6.89. The lowest BCUT2D eigenvalue weighted by Crippen LogP contribution is -2.46. The van der Waals surface area contributed by atoms with Gasteiger partial charge in [0, 0.05) is 13.1 Å². The second kappa shape index (κ2) is 6.57. The molecule has 1 aliphatic heterocycles. The predicted octanol–water partition coefficient (Wildman–Crippen LogP) is 2.20. The van der Waals surface area contributed by atoms with Gasteiger partial charge in [0.05, 0.1) is 0 Å². The van der Waals surface area contributed by atoms with Gasteiger partial charge in [0.25, 0.3) is 5.91 Å². The molecule has 0 aromatic heterocycles. The van der Waals surface area contributed by atoms with Crippen LogP contribution in [0.15, 0.2) is 18.2 Å². The quantitative estimate of drug-likeness (QED) is 0.904. The lowest BCUT2D eigenvalue weighted by molar-refractivity contribution is -0.128. The van der Waals surface area contributed by atoms with Crippen molar-refractivity contribution in [1.29, 1.82) is 0 Å². The summed E-state index contributed by atoms with van der Waals surface area (Å²) in [6, 6.07) is 5.98. The minimum Gasteiger partial charge on any atom is -0.484 e. The summed E-state index contributed by atoms with van der Waals surface area (Å²) in [5, 5.41) is 1.98. The van der Waals surface area contributed by atoms with E-state index >= 15 is 0 Å². The zero-order valence-electron chi connectivity index (χ0n) is 11.7. The van der Waals surface area contributed by atoms with Gasteiger partial charge >= 0.3 is 0 Å². The van der Waals surface area contributed by atoms with Gasteiger partial charge in [-0.05, 0) is 49.9 Å². The number of aryl methyl sites for hydroxylation is 2. The van der Waals surface area contributed by atoms with Crippen molar-refractivity contribution in [3.8, 4) is 5.75 Å². The summed E-state index contributed by atoms with van der Waals surface area (Å²) in [4.78, 5) is 11.8. The Bertz CT molecular complexity index is 420. The van der Waals surface area contributed by atoms with Gasteiger partial charge in [0.15, 0.2) is 6.61 Å². The third-order valence-corrected chi connectivity index (χ3v) is 3.20. The molecular formula is C15H22N2O2. The van der Waals surface area contributed by atoms with Crippen molar-refractivity contribution < 1.29 is 9.53 Å². The normalized spacial score (nSPS) is 16.1. The number of carbonyl (C=O) groups is 1. The number of benzene rings is 1. The fourth-order valence-corrected chi connectivity index (χ4v) is 2.38. The van der Waals surface area contributed by atoms with E-state index < -0.39 is 0 Å². The summed E-state index contributed by atoms with van der Waals surface area (Å²) in [5.74, 6) is 0.673. The van der Waals surface area contributed by atoms with E-state index in [0.717, 1.165) is 42.8 Å². The van der Waals surface area contributed by atoms with Crippen LogP contribution in [0.25, 0.3) is 0 Å². The highest BCUT2D eigenvalue weighted by Crippen LogP contribution is 2.16. The molecule has 1 aromatic rings. The Balaban J connectivity index is 1.79. The number of rotatable bonds is 4. The number of ether oxygens (including phenoxy) is 1. The van der Waals surface area contributed by atoms with Crippen LogP contribution >= 0.6 is 0 Å². The van der Waals surface area contributed by atoms with Crippen LogP contribution in [0, 0.1) is 13.8 Å². The second-order valence-corrected chi connectivity index (χ2v) is 5.19. The lowest BCUT2D eigenvalue weighted by atomic mass is 10.1. The molecule has 1 saturated heterocycles. The maximum atomic E-state index is 11.8. The van der Waals surface area contributed by atoms with Crippen LogP contribution in [0.5, 0.6) is 5.75 Å². The molecule has 0 unspecified atom stereocenters. The molecule has 1 N–H and O–H groups in total. The van der Waals surface area contributed by atoms with E-state index in [1.165, 1.54) is 6.42 Å². The standard InChI is InChI=1S/C15H22N2O2/c1-12-8-13(2)10-14(9-12)19-11-15(18)16-17-6-4-3-5-7-17/h8-10H,3-7,11H2,1-2H3,(H,16,18). The van der Waals surface area contributed by atoms with Gasteiger partial charge in [-0.1, -0.05) is 12.5 Å².